The first-order valence-corrected chi connectivity index (χ1v) is 9.32. The molecular weight excluding hydrogens is 276 g/mol. The molecule has 0 bridgehead atoms. The Morgan fingerprint density at radius 2 is 1.95 bits per heavy atom. The summed E-state index contributed by atoms with van der Waals surface area (Å²) in [5, 5.41) is 4.92. The van der Waals surface area contributed by atoms with E-state index in [-0.39, 0.29) is 0 Å². The van der Waals surface area contributed by atoms with E-state index in [0.717, 1.165) is 13.0 Å². The second-order valence-corrected chi connectivity index (χ2v) is 7.93. The van der Waals surface area contributed by atoms with Gasteiger partial charge >= 0.3 is 0 Å². The lowest BCUT2D eigenvalue weighted by Crippen LogP contribution is -2.41. The summed E-state index contributed by atoms with van der Waals surface area (Å²) in [5.74, 6) is 1.28. The third kappa shape index (κ3) is 2.85. The van der Waals surface area contributed by atoms with Crippen molar-refractivity contribution >= 4 is 16.9 Å². The molecule has 1 aromatic carbocycles. The fourth-order valence-electron chi connectivity index (χ4n) is 4.06. The minimum absolute atomic E-state index is 0.551. The van der Waals surface area contributed by atoms with Crippen LogP contribution in [0.1, 0.15) is 43.2 Å². The zero-order valence-electron chi connectivity index (χ0n) is 12.6. The van der Waals surface area contributed by atoms with Crippen molar-refractivity contribution in [2.75, 3.05) is 12.3 Å². The first kappa shape index (κ1) is 13.7. The monoisotopic (exact) mass is 300 g/mol. The van der Waals surface area contributed by atoms with Crippen LogP contribution in [-0.2, 0) is 12.8 Å². The highest BCUT2D eigenvalue weighted by Crippen LogP contribution is 2.43. The van der Waals surface area contributed by atoms with Crippen molar-refractivity contribution in [2.45, 2.75) is 51.0 Å². The number of aliphatic imine (C=N–C) groups is 1. The van der Waals surface area contributed by atoms with Gasteiger partial charge in [-0.2, -0.15) is 0 Å². The molecule has 4 rings (SSSR count). The highest BCUT2D eigenvalue weighted by Gasteiger charge is 2.36. The number of hydrogen-bond acceptors (Lipinski definition) is 3. The molecule has 1 heterocycles. The summed E-state index contributed by atoms with van der Waals surface area (Å²) < 4.78 is 0. The third-order valence-electron chi connectivity index (χ3n) is 5.41. The lowest BCUT2D eigenvalue weighted by Gasteiger charge is -2.33. The first-order chi connectivity index (χ1) is 10.3. The summed E-state index contributed by atoms with van der Waals surface area (Å²) >= 11 is 1.97. The van der Waals surface area contributed by atoms with Gasteiger partial charge in [0, 0.05) is 18.3 Å². The Hall–Kier alpha value is -0.960. The van der Waals surface area contributed by atoms with Gasteiger partial charge in [0.1, 0.15) is 0 Å². The predicted molar refractivity (Wildman–Crippen MR) is 91.1 cm³/mol. The van der Waals surface area contributed by atoms with Crippen LogP contribution in [0.2, 0.25) is 0 Å². The van der Waals surface area contributed by atoms with E-state index in [9.17, 15) is 0 Å². The second kappa shape index (κ2) is 5.68. The normalized spacial score (nSPS) is 27.2. The molecule has 2 aliphatic carbocycles. The molecule has 0 saturated heterocycles. The fraction of sp³-hybridized carbons (Fsp3) is 0.611. The van der Waals surface area contributed by atoms with Gasteiger partial charge in [0.15, 0.2) is 5.17 Å². The minimum atomic E-state index is 0.551. The van der Waals surface area contributed by atoms with E-state index in [1.807, 2.05) is 11.8 Å². The predicted octanol–water partition coefficient (Wildman–Crippen LogP) is 3.80. The molecule has 0 aromatic heterocycles. The molecule has 0 radical (unpaired) electrons. The Morgan fingerprint density at radius 3 is 2.71 bits per heavy atom. The Kier molecular flexibility index (Phi) is 3.70. The Morgan fingerprint density at radius 1 is 1.14 bits per heavy atom. The number of fused-ring (bicyclic) bond motifs is 1. The van der Waals surface area contributed by atoms with E-state index in [2.05, 4.69) is 29.6 Å². The summed E-state index contributed by atoms with van der Waals surface area (Å²) in [6.45, 7) is 1.06. The number of amidine groups is 1. The van der Waals surface area contributed by atoms with E-state index in [0.29, 0.717) is 11.5 Å². The van der Waals surface area contributed by atoms with Crippen LogP contribution in [0.15, 0.2) is 29.3 Å². The maximum absolute atomic E-state index is 4.88. The number of nitrogens with zero attached hydrogens (tertiary/aromatic N) is 1. The molecule has 21 heavy (non-hydrogen) atoms. The summed E-state index contributed by atoms with van der Waals surface area (Å²) in [6.07, 6.45) is 9.22. The highest BCUT2D eigenvalue weighted by atomic mass is 32.2. The van der Waals surface area contributed by atoms with Crippen molar-refractivity contribution in [3.63, 3.8) is 0 Å². The summed E-state index contributed by atoms with van der Waals surface area (Å²) in [7, 11) is 0. The van der Waals surface area contributed by atoms with Gasteiger partial charge in [0.2, 0.25) is 0 Å². The van der Waals surface area contributed by atoms with Gasteiger partial charge in [0.25, 0.3) is 0 Å². The fourth-order valence-corrected chi connectivity index (χ4v) is 5.29. The van der Waals surface area contributed by atoms with Crippen LogP contribution in [0.5, 0.6) is 0 Å². The number of rotatable bonds is 1. The van der Waals surface area contributed by atoms with E-state index >= 15 is 0 Å². The number of nitrogens with one attached hydrogen (secondary N) is 1. The number of aryl methyl sites for hydroxylation is 1. The van der Waals surface area contributed by atoms with Gasteiger partial charge in [-0.15, -0.1) is 0 Å². The van der Waals surface area contributed by atoms with Crippen LogP contribution >= 0.6 is 11.8 Å². The Bertz CT molecular complexity index is 546. The molecule has 112 valence electrons. The van der Waals surface area contributed by atoms with Crippen molar-refractivity contribution < 1.29 is 0 Å². The molecule has 1 fully saturated rings. The van der Waals surface area contributed by atoms with E-state index in [1.165, 1.54) is 55.0 Å². The summed E-state index contributed by atoms with van der Waals surface area (Å²) in [5.41, 5.74) is 3.61. The molecule has 1 unspecified atom stereocenters. The van der Waals surface area contributed by atoms with Crippen LogP contribution in [0, 0.1) is 5.41 Å². The van der Waals surface area contributed by atoms with Crippen LogP contribution in [0.25, 0.3) is 0 Å². The summed E-state index contributed by atoms with van der Waals surface area (Å²) in [4.78, 5) is 4.88. The van der Waals surface area contributed by atoms with Gasteiger partial charge in [-0.25, -0.2) is 0 Å². The second-order valence-electron chi connectivity index (χ2n) is 6.97. The zero-order valence-corrected chi connectivity index (χ0v) is 13.4. The number of thioether (sulfide) groups is 1. The van der Waals surface area contributed by atoms with Crippen LogP contribution in [0.3, 0.4) is 0 Å². The highest BCUT2D eigenvalue weighted by molar-refractivity contribution is 8.13. The molecule has 1 saturated carbocycles. The van der Waals surface area contributed by atoms with Gasteiger partial charge in [-0.05, 0) is 48.6 Å². The quantitative estimate of drug-likeness (QED) is 0.853. The Balaban J connectivity index is 1.38. The Labute approximate surface area is 131 Å². The van der Waals surface area contributed by atoms with Crippen molar-refractivity contribution in [1.29, 1.82) is 0 Å². The molecule has 3 aliphatic rings. The van der Waals surface area contributed by atoms with E-state index in [4.69, 9.17) is 4.99 Å². The van der Waals surface area contributed by atoms with E-state index in [1.54, 1.807) is 5.56 Å². The standard InChI is InChI=1S/C18H24N2S/c1-2-6-15-11-16(8-7-14(15)5-1)20-17-19-12-18(13-21-17)9-3-4-10-18/h1-2,5-6,16H,3-4,7-13H2,(H,19,20). The molecule has 1 aromatic rings. The van der Waals surface area contributed by atoms with Crippen LogP contribution < -0.4 is 5.32 Å². The number of benzene rings is 1. The van der Waals surface area contributed by atoms with Gasteiger partial charge in [-0.1, -0.05) is 48.9 Å². The SMILES string of the molecule is c1ccc2c(c1)CCC(NC1=NCC3(CCCC3)CS1)C2. The maximum Gasteiger partial charge on any atom is 0.156 e. The molecule has 1 spiro atoms. The lowest BCUT2D eigenvalue weighted by molar-refractivity contribution is 0.357. The van der Waals surface area contributed by atoms with E-state index < -0.39 is 0 Å². The zero-order chi connectivity index (χ0) is 14.1. The van der Waals surface area contributed by atoms with Crippen molar-refractivity contribution in [2.24, 2.45) is 10.4 Å². The van der Waals surface area contributed by atoms with Crippen molar-refractivity contribution in [1.82, 2.24) is 5.32 Å². The molecule has 0 amide bonds. The molecule has 3 heteroatoms. The molecular formula is C18H24N2S. The average molecular weight is 300 g/mol. The summed E-state index contributed by atoms with van der Waals surface area (Å²) in [6, 6.07) is 9.46. The first-order valence-electron chi connectivity index (χ1n) is 8.34. The van der Waals surface area contributed by atoms with Gasteiger partial charge in [0.05, 0.1) is 0 Å². The number of hydrogen-bond donors (Lipinski definition) is 1. The molecule has 2 nitrogen and oxygen atoms in total. The minimum Gasteiger partial charge on any atom is -0.362 e. The largest absolute Gasteiger partial charge is 0.362 e. The topological polar surface area (TPSA) is 24.4 Å². The maximum atomic E-state index is 4.88. The van der Waals surface area contributed by atoms with Crippen LogP contribution in [0.4, 0.5) is 0 Å². The smallest absolute Gasteiger partial charge is 0.156 e. The molecule has 1 atom stereocenters. The van der Waals surface area contributed by atoms with Crippen LogP contribution in [-0.4, -0.2) is 23.5 Å². The van der Waals surface area contributed by atoms with Crippen molar-refractivity contribution in [3.8, 4) is 0 Å². The molecule has 1 aliphatic heterocycles. The third-order valence-corrected chi connectivity index (χ3v) is 6.69. The van der Waals surface area contributed by atoms with Gasteiger partial charge < -0.3 is 5.32 Å². The van der Waals surface area contributed by atoms with Crippen molar-refractivity contribution in [3.05, 3.63) is 35.4 Å². The average Bonchev–Trinajstić information content (AvgIpc) is 2.98. The molecule has 1 N–H and O–H groups in total. The van der Waals surface area contributed by atoms with Gasteiger partial charge in [-0.3, -0.25) is 4.99 Å². The lowest BCUT2D eigenvalue weighted by atomic mass is 9.88.